The van der Waals surface area contributed by atoms with Crippen molar-refractivity contribution in [2.75, 3.05) is 6.61 Å². The highest BCUT2D eigenvalue weighted by Gasteiger charge is 2.22. The second-order valence-corrected chi connectivity index (χ2v) is 12.9. The molecule has 0 spiro atoms. The van der Waals surface area contributed by atoms with Crippen LogP contribution in [0.15, 0.2) is 0 Å². The lowest BCUT2D eigenvalue weighted by molar-refractivity contribution is -0.142. The SMILES string of the molecule is CC(C)CC(Cc1nnnn1COCC[Si](C)(C)C)C(=O)O. The smallest absolute Gasteiger partial charge is 0.306 e. The number of carboxylic acids is 1. The summed E-state index contributed by atoms with van der Waals surface area (Å²) >= 11 is 0. The summed E-state index contributed by atoms with van der Waals surface area (Å²) in [5.41, 5.74) is 0. The summed E-state index contributed by atoms with van der Waals surface area (Å²) in [6, 6.07) is 1.08. The van der Waals surface area contributed by atoms with Crippen molar-refractivity contribution < 1.29 is 14.6 Å². The van der Waals surface area contributed by atoms with Gasteiger partial charge in [-0.2, -0.15) is 0 Å². The number of aromatic nitrogens is 4. The molecule has 0 aliphatic carbocycles. The Morgan fingerprint density at radius 1 is 1.36 bits per heavy atom. The summed E-state index contributed by atoms with van der Waals surface area (Å²) in [5.74, 6) is -0.380. The Bertz CT molecular complexity index is 471. The van der Waals surface area contributed by atoms with E-state index in [4.69, 9.17) is 4.74 Å². The Morgan fingerprint density at radius 2 is 2.05 bits per heavy atom. The molecule has 0 fully saturated rings. The topological polar surface area (TPSA) is 90.1 Å². The van der Waals surface area contributed by atoms with Gasteiger partial charge in [0.15, 0.2) is 5.82 Å². The van der Waals surface area contributed by atoms with E-state index in [0.29, 0.717) is 31.2 Å². The molecule has 0 aromatic carbocycles. The molecule has 0 saturated carbocycles. The lowest BCUT2D eigenvalue weighted by Gasteiger charge is -2.16. The molecule has 0 aliphatic heterocycles. The second kappa shape index (κ2) is 8.38. The molecular formula is C14H28N4O3Si. The maximum atomic E-state index is 11.3. The molecular weight excluding hydrogens is 300 g/mol. The summed E-state index contributed by atoms with van der Waals surface area (Å²) in [7, 11) is -1.12. The minimum Gasteiger partial charge on any atom is -0.481 e. The summed E-state index contributed by atoms with van der Waals surface area (Å²) < 4.78 is 7.18. The number of aliphatic carboxylic acids is 1. The van der Waals surface area contributed by atoms with Crippen molar-refractivity contribution in [2.24, 2.45) is 11.8 Å². The van der Waals surface area contributed by atoms with Gasteiger partial charge in [-0.25, -0.2) is 4.68 Å². The van der Waals surface area contributed by atoms with E-state index in [1.54, 1.807) is 4.68 Å². The highest BCUT2D eigenvalue weighted by molar-refractivity contribution is 6.76. The maximum Gasteiger partial charge on any atom is 0.306 e. The van der Waals surface area contributed by atoms with E-state index in [-0.39, 0.29) is 6.73 Å². The fraction of sp³-hybridized carbons (Fsp3) is 0.857. The van der Waals surface area contributed by atoms with Crippen LogP contribution in [0.1, 0.15) is 26.1 Å². The van der Waals surface area contributed by atoms with Gasteiger partial charge in [-0.15, -0.1) is 5.10 Å². The first-order valence-corrected chi connectivity index (χ1v) is 11.5. The van der Waals surface area contributed by atoms with Crippen LogP contribution >= 0.6 is 0 Å². The number of tetrazole rings is 1. The second-order valence-electron chi connectivity index (χ2n) is 7.31. The first-order chi connectivity index (χ1) is 10.2. The molecule has 1 rings (SSSR count). The Labute approximate surface area is 133 Å². The summed E-state index contributed by atoms with van der Waals surface area (Å²) in [6.07, 6.45) is 0.941. The van der Waals surface area contributed by atoms with E-state index in [9.17, 15) is 9.90 Å². The van der Waals surface area contributed by atoms with Gasteiger partial charge in [0, 0.05) is 21.1 Å². The molecule has 1 N–H and O–H groups in total. The Hall–Kier alpha value is -1.28. The molecule has 1 atom stereocenters. The fourth-order valence-corrected chi connectivity index (χ4v) is 2.82. The Balaban J connectivity index is 2.55. The van der Waals surface area contributed by atoms with Crippen molar-refractivity contribution in [3.63, 3.8) is 0 Å². The highest BCUT2D eigenvalue weighted by atomic mass is 28.3. The van der Waals surface area contributed by atoms with E-state index in [1.807, 2.05) is 13.8 Å². The van der Waals surface area contributed by atoms with Gasteiger partial charge in [0.1, 0.15) is 6.73 Å². The normalized spacial score (nSPS) is 13.5. The van der Waals surface area contributed by atoms with Crippen LogP contribution in [-0.2, 0) is 22.7 Å². The van der Waals surface area contributed by atoms with E-state index in [0.717, 1.165) is 6.04 Å². The number of carbonyl (C=O) groups is 1. The molecule has 126 valence electrons. The fourth-order valence-electron chi connectivity index (χ4n) is 2.06. The van der Waals surface area contributed by atoms with E-state index >= 15 is 0 Å². The van der Waals surface area contributed by atoms with Crippen LogP contribution in [0, 0.1) is 11.8 Å². The zero-order valence-corrected chi connectivity index (χ0v) is 15.2. The van der Waals surface area contributed by atoms with Gasteiger partial charge >= 0.3 is 5.97 Å². The third-order valence-corrected chi connectivity index (χ3v) is 5.05. The zero-order valence-electron chi connectivity index (χ0n) is 14.2. The van der Waals surface area contributed by atoms with Crippen molar-refractivity contribution in [3.8, 4) is 0 Å². The largest absolute Gasteiger partial charge is 0.481 e. The molecule has 0 saturated heterocycles. The van der Waals surface area contributed by atoms with Crippen molar-refractivity contribution in [1.82, 2.24) is 20.2 Å². The molecule has 0 amide bonds. The van der Waals surface area contributed by atoms with Crippen LogP contribution in [0.25, 0.3) is 0 Å². The predicted octanol–water partition coefficient (Wildman–Crippen LogP) is 2.27. The Morgan fingerprint density at radius 3 is 2.59 bits per heavy atom. The van der Waals surface area contributed by atoms with Gasteiger partial charge < -0.3 is 9.84 Å². The van der Waals surface area contributed by atoms with Crippen LogP contribution in [-0.4, -0.2) is 46.0 Å². The first kappa shape index (κ1) is 18.8. The van der Waals surface area contributed by atoms with Crippen molar-refractivity contribution >= 4 is 14.0 Å². The highest BCUT2D eigenvalue weighted by Crippen LogP contribution is 2.16. The Kier molecular flexibility index (Phi) is 7.14. The number of nitrogens with zero attached hydrogens (tertiary/aromatic N) is 4. The zero-order chi connectivity index (χ0) is 16.8. The molecule has 1 aromatic heterocycles. The molecule has 1 aromatic rings. The average Bonchev–Trinajstić information content (AvgIpc) is 2.79. The molecule has 22 heavy (non-hydrogen) atoms. The van der Waals surface area contributed by atoms with Crippen LogP contribution < -0.4 is 0 Å². The maximum absolute atomic E-state index is 11.3. The molecule has 0 bridgehead atoms. The lowest BCUT2D eigenvalue weighted by atomic mass is 9.94. The van der Waals surface area contributed by atoms with Crippen LogP contribution in [0.3, 0.4) is 0 Å². The van der Waals surface area contributed by atoms with Crippen LogP contribution in [0.4, 0.5) is 0 Å². The molecule has 0 radical (unpaired) electrons. The predicted molar refractivity (Wildman–Crippen MR) is 86.2 cm³/mol. The third-order valence-electron chi connectivity index (χ3n) is 3.35. The van der Waals surface area contributed by atoms with Crippen molar-refractivity contribution in [3.05, 3.63) is 5.82 Å². The van der Waals surface area contributed by atoms with E-state index < -0.39 is 20.0 Å². The van der Waals surface area contributed by atoms with Gasteiger partial charge in [-0.1, -0.05) is 33.5 Å². The summed E-state index contributed by atoms with van der Waals surface area (Å²) in [6.45, 7) is 11.9. The minimum atomic E-state index is -1.12. The van der Waals surface area contributed by atoms with E-state index in [1.165, 1.54) is 0 Å². The molecule has 1 unspecified atom stereocenters. The number of hydrogen-bond donors (Lipinski definition) is 1. The van der Waals surface area contributed by atoms with Gasteiger partial charge in [-0.05, 0) is 28.8 Å². The molecule has 0 aliphatic rings. The number of carboxylic acid groups (broad SMARTS) is 1. The molecule has 7 nitrogen and oxygen atoms in total. The van der Waals surface area contributed by atoms with Gasteiger partial charge in [0.2, 0.25) is 0 Å². The van der Waals surface area contributed by atoms with Gasteiger partial charge in [0.25, 0.3) is 0 Å². The molecule has 1 heterocycles. The molecule has 8 heteroatoms. The van der Waals surface area contributed by atoms with Crippen LogP contribution in [0.2, 0.25) is 25.7 Å². The lowest BCUT2D eigenvalue weighted by Crippen LogP contribution is -2.23. The summed E-state index contributed by atoms with van der Waals surface area (Å²) in [5, 5.41) is 20.8. The first-order valence-electron chi connectivity index (χ1n) is 7.74. The van der Waals surface area contributed by atoms with Gasteiger partial charge in [-0.3, -0.25) is 4.79 Å². The van der Waals surface area contributed by atoms with Crippen molar-refractivity contribution in [1.29, 1.82) is 0 Å². The van der Waals surface area contributed by atoms with E-state index in [2.05, 4.69) is 35.2 Å². The third kappa shape index (κ3) is 7.12. The quantitative estimate of drug-likeness (QED) is 0.523. The standard InChI is InChI=1S/C14H28N4O3Si/c1-11(2)8-12(14(19)20)9-13-15-16-17-18(13)10-21-6-7-22(3,4)5/h11-12H,6-10H2,1-5H3,(H,19,20). The number of hydrogen-bond acceptors (Lipinski definition) is 5. The number of ether oxygens (including phenoxy) is 1. The van der Waals surface area contributed by atoms with Crippen LogP contribution in [0.5, 0.6) is 0 Å². The minimum absolute atomic E-state index is 0.279. The average molecular weight is 328 g/mol. The summed E-state index contributed by atoms with van der Waals surface area (Å²) in [4.78, 5) is 11.3. The number of rotatable bonds is 10. The van der Waals surface area contributed by atoms with Crippen molar-refractivity contribution in [2.45, 2.75) is 59.1 Å². The van der Waals surface area contributed by atoms with Gasteiger partial charge in [0.05, 0.1) is 5.92 Å². The monoisotopic (exact) mass is 328 g/mol.